The fourth-order valence-corrected chi connectivity index (χ4v) is 5.36. The number of rotatable bonds is 7. The molecule has 5 rings (SSSR count). The third kappa shape index (κ3) is 5.40. The minimum Gasteiger partial charge on any atom is -0.345 e. The Bertz CT molecular complexity index is 1490. The van der Waals surface area contributed by atoms with E-state index in [9.17, 15) is 9.59 Å². The number of halogens is 1. The topological polar surface area (TPSA) is 80.1 Å². The van der Waals surface area contributed by atoms with Crippen LogP contribution in [0.4, 0.5) is 5.69 Å². The van der Waals surface area contributed by atoms with Gasteiger partial charge in [-0.2, -0.15) is 0 Å². The molecular formula is C28H26ClN5O2S. The first-order chi connectivity index (χ1) is 17.9. The normalized spacial score (nSPS) is 12.5. The van der Waals surface area contributed by atoms with Crippen LogP contribution in [0.25, 0.3) is 5.69 Å². The van der Waals surface area contributed by atoms with E-state index in [0.717, 1.165) is 28.9 Å². The average molecular weight is 532 g/mol. The maximum absolute atomic E-state index is 13.1. The predicted molar refractivity (Wildman–Crippen MR) is 147 cm³/mol. The Morgan fingerprint density at radius 2 is 1.84 bits per heavy atom. The van der Waals surface area contributed by atoms with Gasteiger partial charge in [-0.15, -0.1) is 10.2 Å². The second-order valence-electron chi connectivity index (χ2n) is 8.91. The number of anilines is 1. The number of aryl methyl sites for hydroxylation is 2. The molecule has 37 heavy (non-hydrogen) atoms. The number of carbonyl (C=O) groups is 2. The first-order valence-electron chi connectivity index (χ1n) is 12.0. The zero-order valence-electron chi connectivity index (χ0n) is 20.6. The Labute approximate surface area is 224 Å². The molecule has 0 bridgehead atoms. The number of hydrogen-bond acceptors (Lipinski definition) is 5. The van der Waals surface area contributed by atoms with Crippen LogP contribution in [0.2, 0.25) is 5.02 Å². The molecule has 3 aromatic carbocycles. The number of benzene rings is 3. The summed E-state index contributed by atoms with van der Waals surface area (Å²) in [5.41, 5.74) is 5.69. The Morgan fingerprint density at radius 1 is 1.00 bits per heavy atom. The number of thioether (sulfide) groups is 1. The largest absolute Gasteiger partial charge is 0.345 e. The smallest absolute Gasteiger partial charge is 0.251 e. The van der Waals surface area contributed by atoms with Crippen LogP contribution in [-0.4, -0.2) is 38.9 Å². The Hall–Kier alpha value is -3.62. The molecule has 0 saturated heterocycles. The van der Waals surface area contributed by atoms with Gasteiger partial charge in [0.2, 0.25) is 5.91 Å². The van der Waals surface area contributed by atoms with Crippen LogP contribution < -0.4 is 10.2 Å². The van der Waals surface area contributed by atoms with E-state index in [2.05, 4.69) is 21.6 Å². The van der Waals surface area contributed by atoms with Crippen LogP contribution in [0.15, 0.2) is 71.9 Å². The molecule has 4 aromatic rings. The molecule has 0 radical (unpaired) electrons. The summed E-state index contributed by atoms with van der Waals surface area (Å²) in [4.78, 5) is 27.7. The molecular weight excluding hydrogens is 506 g/mol. The standard InChI is InChI=1S/C28H26ClN5O2S/c1-18-10-11-21(14-19(18)2)27(36)30-16-25-31-32-28(34(25)23-8-5-7-22(29)15-23)37-17-26(35)33-13-12-20-6-3-4-9-24(20)33/h3-11,14-15H,12-13,16-17H2,1-2H3,(H,30,36). The molecule has 1 aliphatic rings. The molecule has 0 unspecified atom stereocenters. The number of hydrogen-bond donors (Lipinski definition) is 1. The highest BCUT2D eigenvalue weighted by molar-refractivity contribution is 7.99. The third-order valence-corrected chi connectivity index (χ3v) is 7.60. The van der Waals surface area contributed by atoms with E-state index < -0.39 is 0 Å². The first-order valence-corrected chi connectivity index (χ1v) is 13.3. The molecule has 0 saturated carbocycles. The summed E-state index contributed by atoms with van der Waals surface area (Å²) < 4.78 is 1.84. The number of nitrogens with zero attached hydrogens (tertiary/aromatic N) is 4. The summed E-state index contributed by atoms with van der Waals surface area (Å²) in [6.45, 7) is 4.83. The zero-order valence-corrected chi connectivity index (χ0v) is 22.1. The molecule has 1 aliphatic heterocycles. The number of aromatic nitrogens is 3. The minimum absolute atomic E-state index is 0.0141. The Morgan fingerprint density at radius 3 is 2.65 bits per heavy atom. The molecule has 7 nitrogen and oxygen atoms in total. The van der Waals surface area contributed by atoms with Gasteiger partial charge in [-0.05, 0) is 73.4 Å². The second kappa shape index (κ2) is 10.8. The zero-order chi connectivity index (χ0) is 25.9. The van der Waals surface area contributed by atoms with Crippen molar-refractivity contribution in [2.24, 2.45) is 0 Å². The monoisotopic (exact) mass is 531 g/mol. The molecule has 0 fully saturated rings. The summed E-state index contributed by atoms with van der Waals surface area (Å²) >= 11 is 7.59. The number of para-hydroxylation sites is 1. The maximum Gasteiger partial charge on any atom is 0.251 e. The Kier molecular flexibility index (Phi) is 7.30. The average Bonchev–Trinajstić information content (AvgIpc) is 3.51. The van der Waals surface area contributed by atoms with Crippen LogP contribution in [0, 0.1) is 13.8 Å². The fourth-order valence-electron chi connectivity index (χ4n) is 4.33. The molecule has 1 N–H and O–H groups in total. The molecule has 1 aromatic heterocycles. The van der Waals surface area contributed by atoms with Crippen LogP contribution >= 0.6 is 23.4 Å². The van der Waals surface area contributed by atoms with Crippen molar-refractivity contribution in [1.82, 2.24) is 20.1 Å². The van der Waals surface area contributed by atoms with Gasteiger partial charge < -0.3 is 10.2 Å². The quantitative estimate of drug-likeness (QED) is 0.334. The number of carbonyl (C=O) groups excluding carboxylic acids is 2. The van der Waals surface area contributed by atoms with Crippen molar-refractivity contribution >= 4 is 40.9 Å². The number of amides is 2. The van der Waals surface area contributed by atoms with Crippen molar-refractivity contribution in [3.63, 3.8) is 0 Å². The van der Waals surface area contributed by atoms with E-state index in [1.54, 1.807) is 6.07 Å². The van der Waals surface area contributed by atoms with Gasteiger partial charge in [0.05, 0.1) is 18.0 Å². The van der Waals surface area contributed by atoms with Gasteiger partial charge in [-0.3, -0.25) is 14.2 Å². The SMILES string of the molecule is Cc1ccc(C(=O)NCc2nnc(SCC(=O)N3CCc4ccccc43)n2-c2cccc(Cl)c2)cc1C. The molecule has 0 spiro atoms. The summed E-state index contributed by atoms with van der Waals surface area (Å²) in [7, 11) is 0. The van der Waals surface area contributed by atoms with Gasteiger partial charge >= 0.3 is 0 Å². The predicted octanol–water partition coefficient (Wildman–Crippen LogP) is 5.15. The summed E-state index contributed by atoms with van der Waals surface area (Å²) in [6.07, 6.45) is 0.857. The van der Waals surface area contributed by atoms with Gasteiger partial charge in [0, 0.05) is 22.8 Å². The van der Waals surface area contributed by atoms with E-state index in [1.807, 2.05) is 77.9 Å². The van der Waals surface area contributed by atoms with Gasteiger partial charge in [-0.25, -0.2) is 0 Å². The lowest BCUT2D eigenvalue weighted by Gasteiger charge is -2.17. The van der Waals surface area contributed by atoms with Gasteiger partial charge in [0.1, 0.15) is 0 Å². The molecule has 2 heterocycles. The summed E-state index contributed by atoms with van der Waals surface area (Å²) in [5, 5.41) is 12.8. The number of fused-ring (bicyclic) bond motifs is 1. The molecule has 188 valence electrons. The Balaban J connectivity index is 1.35. The van der Waals surface area contributed by atoms with Crippen LogP contribution in [0.3, 0.4) is 0 Å². The molecule has 0 atom stereocenters. The molecule has 9 heteroatoms. The first kappa shape index (κ1) is 25.0. The van der Waals surface area contributed by atoms with Crippen molar-refractivity contribution in [3.8, 4) is 5.69 Å². The summed E-state index contributed by atoms with van der Waals surface area (Å²) in [5.74, 6) is 0.573. The van der Waals surface area contributed by atoms with Gasteiger partial charge in [-0.1, -0.05) is 53.7 Å². The second-order valence-corrected chi connectivity index (χ2v) is 10.3. The maximum atomic E-state index is 13.1. The van der Waals surface area contributed by atoms with Crippen LogP contribution in [-0.2, 0) is 17.8 Å². The lowest BCUT2D eigenvalue weighted by molar-refractivity contribution is -0.116. The van der Waals surface area contributed by atoms with Crippen molar-refractivity contribution in [3.05, 3.63) is 99.8 Å². The van der Waals surface area contributed by atoms with Crippen molar-refractivity contribution in [2.75, 3.05) is 17.2 Å². The van der Waals surface area contributed by atoms with Gasteiger partial charge in [0.25, 0.3) is 5.91 Å². The van der Waals surface area contributed by atoms with Crippen LogP contribution in [0.1, 0.15) is 32.9 Å². The third-order valence-electron chi connectivity index (χ3n) is 6.46. The lowest BCUT2D eigenvalue weighted by Crippen LogP contribution is -2.30. The van der Waals surface area contributed by atoms with E-state index in [0.29, 0.717) is 28.1 Å². The van der Waals surface area contributed by atoms with Crippen molar-refractivity contribution < 1.29 is 9.59 Å². The van der Waals surface area contributed by atoms with Crippen molar-refractivity contribution in [2.45, 2.75) is 32.0 Å². The lowest BCUT2D eigenvalue weighted by atomic mass is 10.1. The highest BCUT2D eigenvalue weighted by atomic mass is 35.5. The van der Waals surface area contributed by atoms with E-state index in [4.69, 9.17) is 11.6 Å². The van der Waals surface area contributed by atoms with Crippen molar-refractivity contribution in [1.29, 1.82) is 0 Å². The molecule has 2 amide bonds. The van der Waals surface area contributed by atoms with E-state index >= 15 is 0 Å². The van der Waals surface area contributed by atoms with E-state index in [-0.39, 0.29) is 24.1 Å². The van der Waals surface area contributed by atoms with E-state index in [1.165, 1.54) is 17.3 Å². The van der Waals surface area contributed by atoms with Gasteiger partial charge in [0.15, 0.2) is 11.0 Å². The van der Waals surface area contributed by atoms with Crippen LogP contribution in [0.5, 0.6) is 0 Å². The number of nitrogens with one attached hydrogen (secondary N) is 1. The highest BCUT2D eigenvalue weighted by Crippen LogP contribution is 2.29. The minimum atomic E-state index is -0.194. The highest BCUT2D eigenvalue weighted by Gasteiger charge is 2.25. The fraction of sp³-hybridized carbons (Fsp3) is 0.214. The molecule has 0 aliphatic carbocycles. The summed E-state index contributed by atoms with van der Waals surface area (Å²) in [6, 6.07) is 20.9.